The van der Waals surface area contributed by atoms with E-state index in [1.807, 2.05) is 68.4 Å². The van der Waals surface area contributed by atoms with Crippen molar-refractivity contribution in [2.45, 2.75) is 44.7 Å². The van der Waals surface area contributed by atoms with Crippen molar-refractivity contribution in [1.82, 2.24) is 19.8 Å². The third-order valence-electron chi connectivity index (χ3n) is 6.14. The van der Waals surface area contributed by atoms with Gasteiger partial charge in [-0.05, 0) is 43.5 Å². The van der Waals surface area contributed by atoms with Gasteiger partial charge in [-0.3, -0.25) is 9.59 Å². The van der Waals surface area contributed by atoms with Gasteiger partial charge in [0.15, 0.2) is 0 Å². The smallest absolute Gasteiger partial charge is 0.253 e. The van der Waals surface area contributed by atoms with E-state index in [1.54, 1.807) is 0 Å². The molecule has 1 aliphatic carbocycles. The fraction of sp³-hybridized carbons (Fsp3) is 0.375. The first kappa shape index (κ1) is 20.1. The van der Waals surface area contributed by atoms with Crippen LogP contribution in [0, 0.1) is 0 Å². The minimum absolute atomic E-state index is 0. The normalized spacial score (nSPS) is 18.5. The van der Waals surface area contributed by atoms with Crippen molar-refractivity contribution in [2.24, 2.45) is 7.05 Å². The number of para-hydroxylation sites is 2. The molecule has 1 saturated carbocycles. The molecule has 0 radical (unpaired) electrons. The van der Waals surface area contributed by atoms with Gasteiger partial charge in [0, 0.05) is 45.2 Å². The number of imidazole rings is 1. The third kappa shape index (κ3) is 3.82. The zero-order valence-corrected chi connectivity index (χ0v) is 17.8. The fourth-order valence-electron chi connectivity index (χ4n) is 4.31. The second-order valence-electron chi connectivity index (χ2n) is 8.06. The Labute approximate surface area is 178 Å². The highest BCUT2D eigenvalue weighted by Crippen LogP contribution is 2.26. The van der Waals surface area contributed by atoms with Crippen molar-refractivity contribution < 1.29 is 11.0 Å². The molecule has 1 heterocycles. The number of aromatic nitrogens is 2. The lowest BCUT2D eigenvalue weighted by molar-refractivity contribution is -0.121. The Kier molecular flexibility index (Phi) is 5.57. The van der Waals surface area contributed by atoms with Gasteiger partial charge in [0.2, 0.25) is 5.91 Å². The van der Waals surface area contributed by atoms with Gasteiger partial charge in [-0.1, -0.05) is 31.2 Å². The summed E-state index contributed by atoms with van der Waals surface area (Å²) in [6, 6.07) is 16.0. The van der Waals surface area contributed by atoms with E-state index in [1.165, 1.54) is 0 Å². The zero-order valence-electron chi connectivity index (χ0n) is 17.8. The molecule has 6 nitrogen and oxygen atoms in total. The number of amides is 2. The largest absolute Gasteiger partial charge is 0.353 e. The first-order valence-corrected chi connectivity index (χ1v) is 10.6. The summed E-state index contributed by atoms with van der Waals surface area (Å²) in [6.45, 7) is 1.86. The Bertz CT molecular complexity index is 1080. The lowest BCUT2D eigenvalue weighted by Crippen LogP contribution is -2.38. The van der Waals surface area contributed by atoms with Crippen LogP contribution in [-0.4, -0.2) is 45.4 Å². The summed E-state index contributed by atoms with van der Waals surface area (Å²) in [7, 11) is 3.86. The maximum absolute atomic E-state index is 13.0. The van der Waals surface area contributed by atoms with E-state index in [-0.39, 0.29) is 25.3 Å². The summed E-state index contributed by atoms with van der Waals surface area (Å²) in [6.07, 6.45) is 3.13. The van der Waals surface area contributed by atoms with Crippen molar-refractivity contribution >= 4 is 22.8 Å². The van der Waals surface area contributed by atoms with Crippen LogP contribution in [0.3, 0.4) is 0 Å². The molecule has 6 heteroatoms. The van der Waals surface area contributed by atoms with E-state index in [0.717, 1.165) is 41.7 Å². The highest BCUT2D eigenvalue weighted by molar-refractivity contribution is 5.95. The third-order valence-corrected chi connectivity index (χ3v) is 6.14. The zero-order chi connectivity index (χ0) is 21.3. The van der Waals surface area contributed by atoms with Gasteiger partial charge >= 0.3 is 0 Å². The molecule has 4 rings (SSSR count). The van der Waals surface area contributed by atoms with Crippen molar-refractivity contribution in [3.05, 3.63) is 54.1 Å². The molecule has 1 N–H and O–H groups in total. The predicted octanol–water partition coefficient (Wildman–Crippen LogP) is 4.01. The highest BCUT2D eigenvalue weighted by atomic mass is 16.2. The van der Waals surface area contributed by atoms with E-state index in [4.69, 9.17) is 4.98 Å². The maximum atomic E-state index is 13.0. The average molecular weight is 407 g/mol. The monoisotopic (exact) mass is 406 g/mol. The summed E-state index contributed by atoms with van der Waals surface area (Å²) in [4.78, 5) is 31.2. The van der Waals surface area contributed by atoms with Gasteiger partial charge in [0.1, 0.15) is 5.82 Å². The van der Waals surface area contributed by atoms with Crippen LogP contribution < -0.4 is 5.32 Å². The van der Waals surface area contributed by atoms with E-state index in [0.29, 0.717) is 12.0 Å². The number of rotatable bonds is 5. The summed E-state index contributed by atoms with van der Waals surface area (Å²) >= 11 is 0. The van der Waals surface area contributed by atoms with Crippen LogP contribution in [0.5, 0.6) is 0 Å². The molecule has 0 spiro atoms. The molecule has 2 atom stereocenters. The van der Waals surface area contributed by atoms with Crippen molar-refractivity contribution in [3.8, 4) is 11.4 Å². The van der Waals surface area contributed by atoms with E-state index in [2.05, 4.69) is 16.0 Å². The van der Waals surface area contributed by atoms with Crippen LogP contribution in [0.15, 0.2) is 48.5 Å². The highest BCUT2D eigenvalue weighted by Gasteiger charge is 2.30. The molecular weight excluding hydrogens is 376 g/mol. The topological polar surface area (TPSA) is 67.2 Å². The summed E-state index contributed by atoms with van der Waals surface area (Å²) in [5.41, 5.74) is 3.69. The van der Waals surface area contributed by atoms with Gasteiger partial charge in [-0.25, -0.2) is 4.98 Å². The van der Waals surface area contributed by atoms with Gasteiger partial charge in [0.05, 0.1) is 11.0 Å². The molecule has 158 valence electrons. The Balaban J connectivity index is 0.00000272. The Morgan fingerprint density at radius 3 is 2.60 bits per heavy atom. The molecule has 0 aliphatic heterocycles. The number of nitrogens with zero attached hydrogens (tertiary/aromatic N) is 3. The number of fused-ring (bicyclic) bond motifs is 1. The first-order chi connectivity index (χ1) is 14.5. The minimum atomic E-state index is 0. The van der Waals surface area contributed by atoms with Crippen molar-refractivity contribution in [1.29, 1.82) is 0 Å². The lowest BCUT2D eigenvalue weighted by atomic mass is 10.1. The maximum Gasteiger partial charge on any atom is 0.253 e. The van der Waals surface area contributed by atoms with Gasteiger partial charge < -0.3 is 14.8 Å². The molecule has 0 bridgehead atoms. The second kappa shape index (κ2) is 8.30. The minimum Gasteiger partial charge on any atom is -0.353 e. The Morgan fingerprint density at radius 2 is 1.90 bits per heavy atom. The number of aryl methyl sites for hydroxylation is 1. The molecule has 1 aliphatic rings. The van der Waals surface area contributed by atoms with Crippen LogP contribution >= 0.6 is 0 Å². The standard InChI is InChI=1S/C24H28N4O2.H2/c1-4-22(29)25-18-13-14-19(15-18)27(2)24(30)17-11-9-16(10-12-17)23-26-20-7-5-6-8-21(20)28(23)3;/h5-12,18-19H,4,13-15H2,1-3H3,(H,25,29);1H/t18-,19+;/m0./s1. The van der Waals surface area contributed by atoms with Gasteiger partial charge in [0.25, 0.3) is 5.91 Å². The first-order valence-electron chi connectivity index (χ1n) is 10.6. The lowest BCUT2D eigenvalue weighted by Gasteiger charge is -2.25. The Morgan fingerprint density at radius 1 is 1.17 bits per heavy atom. The van der Waals surface area contributed by atoms with Crippen molar-refractivity contribution in [3.63, 3.8) is 0 Å². The van der Waals surface area contributed by atoms with E-state index < -0.39 is 0 Å². The van der Waals surface area contributed by atoms with Crippen LogP contribution in [-0.2, 0) is 11.8 Å². The van der Waals surface area contributed by atoms with E-state index in [9.17, 15) is 9.59 Å². The number of hydrogen-bond donors (Lipinski definition) is 1. The fourth-order valence-corrected chi connectivity index (χ4v) is 4.31. The van der Waals surface area contributed by atoms with Crippen molar-refractivity contribution in [2.75, 3.05) is 7.05 Å². The van der Waals surface area contributed by atoms with Gasteiger partial charge in [-0.15, -0.1) is 0 Å². The number of carbonyl (C=O) groups excluding carboxylic acids is 2. The Hall–Kier alpha value is -3.15. The van der Waals surface area contributed by atoms with Gasteiger partial charge in [-0.2, -0.15) is 0 Å². The van der Waals surface area contributed by atoms with E-state index >= 15 is 0 Å². The molecule has 2 aromatic carbocycles. The predicted molar refractivity (Wildman–Crippen MR) is 120 cm³/mol. The SMILES string of the molecule is CCC(=O)N[C@H]1CC[C@@H](N(C)C(=O)c2ccc(-c3nc4ccccc4n3C)cc2)C1.[HH]. The molecule has 3 aromatic rings. The number of benzene rings is 2. The van der Waals surface area contributed by atoms with Crippen LogP contribution in [0.2, 0.25) is 0 Å². The number of carbonyl (C=O) groups is 2. The second-order valence-corrected chi connectivity index (χ2v) is 8.06. The average Bonchev–Trinajstić information content (AvgIpc) is 3.37. The molecule has 30 heavy (non-hydrogen) atoms. The van der Waals surface area contributed by atoms with Crippen LogP contribution in [0.1, 0.15) is 44.4 Å². The molecule has 0 unspecified atom stereocenters. The molecule has 2 amide bonds. The molecular formula is C24H30N4O2. The summed E-state index contributed by atoms with van der Waals surface area (Å²) in [5, 5.41) is 3.05. The quantitative estimate of drug-likeness (QED) is 0.696. The number of nitrogens with one attached hydrogen (secondary N) is 1. The molecule has 1 aromatic heterocycles. The van der Waals surface area contributed by atoms with Crippen LogP contribution in [0.25, 0.3) is 22.4 Å². The summed E-state index contributed by atoms with van der Waals surface area (Å²) in [5.74, 6) is 0.972. The summed E-state index contributed by atoms with van der Waals surface area (Å²) < 4.78 is 2.07. The number of hydrogen-bond acceptors (Lipinski definition) is 3. The van der Waals surface area contributed by atoms with Crippen LogP contribution in [0.4, 0.5) is 0 Å². The molecule has 0 saturated heterocycles. The molecule has 1 fully saturated rings.